The Kier molecular flexibility index (Phi) is 4.84. The van der Waals surface area contributed by atoms with Gasteiger partial charge in [0.1, 0.15) is 0 Å². The van der Waals surface area contributed by atoms with E-state index in [9.17, 15) is 5.11 Å². The van der Waals surface area contributed by atoms with Gasteiger partial charge in [0.2, 0.25) is 0 Å². The molecular formula is C20H26O. The molecular weight excluding hydrogens is 256 g/mol. The second-order valence-electron chi connectivity index (χ2n) is 6.70. The van der Waals surface area contributed by atoms with Gasteiger partial charge < -0.3 is 5.11 Å². The molecule has 0 aliphatic carbocycles. The van der Waals surface area contributed by atoms with E-state index in [4.69, 9.17) is 0 Å². The van der Waals surface area contributed by atoms with Crippen LogP contribution in [0.2, 0.25) is 0 Å². The van der Waals surface area contributed by atoms with E-state index in [1.54, 1.807) is 0 Å². The van der Waals surface area contributed by atoms with Crippen molar-refractivity contribution >= 4 is 0 Å². The lowest BCUT2D eigenvalue weighted by Gasteiger charge is -2.31. The molecule has 1 nitrogen and oxygen atoms in total. The van der Waals surface area contributed by atoms with E-state index in [1.807, 2.05) is 18.2 Å². The van der Waals surface area contributed by atoms with Crippen LogP contribution in [-0.2, 0) is 11.8 Å². The third-order valence-corrected chi connectivity index (χ3v) is 4.43. The van der Waals surface area contributed by atoms with E-state index >= 15 is 0 Å². The summed E-state index contributed by atoms with van der Waals surface area (Å²) in [5.74, 6) is 0.546. The minimum Gasteiger partial charge on any atom is -0.392 e. The van der Waals surface area contributed by atoms with Gasteiger partial charge in [-0.15, -0.1) is 0 Å². The lowest BCUT2D eigenvalue weighted by Crippen LogP contribution is -2.35. The largest absolute Gasteiger partial charge is 0.392 e. The Balaban J connectivity index is 2.11. The Labute approximate surface area is 128 Å². The lowest BCUT2D eigenvalue weighted by molar-refractivity contribution is 0.1000. The van der Waals surface area contributed by atoms with Gasteiger partial charge in [0.05, 0.1) is 6.10 Å². The molecule has 1 unspecified atom stereocenters. The second kappa shape index (κ2) is 6.44. The molecule has 0 bridgehead atoms. The number of benzene rings is 2. The summed E-state index contributed by atoms with van der Waals surface area (Å²) in [7, 11) is 0. The van der Waals surface area contributed by atoms with E-state index in [0.29, 0.717) is 12.3 Å². The highest BCUT2D eigenvalue weighted by molar-refractivity contribution is 5.28. The van der Waals surface area contributed by atoms with Gasteiger partial charge >= 0.3 is 0 Å². The first-order valence-corrected chi connectivity index (χ1v) is 7.73. The van der Waals surface area contributed by atoms with Crippen molar-refractivity contribution in [3.05, 3.63) is 71.3 Å². The first-order chi connectivity index (χ1) is 9.91. The van der Waals surface area contributed by atoms with Crippen LogP contribution in [0, 0.1) is 0 Å². The molecule has 0 aliphatic rings. The summed E-state index contributed by atoms with van der Waals surface area (Å²) < 4.78 is 0. The fraction of sp³-hybridized carbons (Fsp3) is 0.400. The molecule has 112 valence electrons. The Morgan fingerprint density at radius 1 is 0.905 bits per heavy atom. The van der Waals surface area contributed by atoms with Crippen molar-refractivity contribution in [2.75, 3.05) is 0 Å². The number of rotatable bonds is 5. The van der Waals surface area contributed by atoms with Gasteiger partial charge in [0.15, 0.2) is 0 Å². The summed E-state index contributed by atoms with van der Waals surface area (Å²) >= 11 is 0. The monoisotopic (exact) mass is 282 g/mol. The maximum Gasteiger partial charge on any atom is 0.0671 e. The molecule has 0 saturated heterocycles. The van der Waals surface area contributed by atoms with Gasteiger partial charge in [-0.3, -0.25) is 0 Å². The summed E-state index contributed by atoms with van der Waals surface area (Å²) in [6, 6.07) is 18.9. The van der Waals surface area contributed by atoms with Gasteiger partial charge in [0, 0.05) is 5.41 Å². The highest BCUT2D eigenvalue weighted by Gasteiger charge is 2.29. The average Bonchev–Trinajstić information content (AvgIpc) is 2.48. The molecule has 0 radical (unpaired) electrons. The van der Waals surface area contributed by atoms with Crippen LogP contribution in [0.1, 0.15) is 50.3 Å². The Bertz CT molecular complexity index is 552. The van der Waals surface area contributed by atoms with E-state index in [-0.39, 0.29) is 5.41 Å². The van der Waals surface area contributed by atoms with Crippen molar-refractivity contribution in [2.45, 2.75) is 51.6 Å². The Morgan fingerprint density at radius 2 is 1.48 bits per heavy atom. The molecule has 2 aromatic rings. The number of hydrogen-bond acceptors (Lipinski definition) is 1. The fourth-order valence-electron chi connectivity index (χ4n) is 2.58. The van der Waals surface area contributed by atoms with Crippen molar-refractivity contribution in [2.24, 2.45) is 0 Å². The highest BCUT2D eigenvalue weighted by atomic mass is 16.3. The van der Waals surface area contributed by atoms with Crippen molar-refractivity contribution in [1.29, 1.82) is 0 Å². The number of aliphatic hydroxyl groups is 1. The van der Waals surface area contributed by atoms with Crippen LogP contribution in [0.3, 0.4) is 0 Å². The fourth-order valence-corrected chi connectivity index (χ4v) is 2.58. The standard InChI is InChI=1S/C20H26O/c1-15(2)17-12-10-16(11-13-17)14-19(21)20(3,4)18-8-6-5-7-9-18/h5-13,15,19,21H,14H2,1-4H3. The van der Waals surface area contributed by atoms with E-state index < -0.39 is 6.10 Å². The zero-order valence-corrected chi connectivity index (χ0v) is 13.5. The normalized spacial score (nSPS) is 13.4. The lowest BCUT2D eigenvalue weighted by atomic mass is 9.77. The minimum atomic E-state index is -0.398. The van der Waals surface area contributed by atoms with Crippen LogP contribution in [-0.4, -0.2) is 11.2 Å². The van der Waals surface area contributed by atoms with Gasteiger partial charge in [0.25, 0.3) is 0 Å². The molecule has 1 N–H and O–H groups in total. The molecule has 0 fully saturated rings. The van der Waals surface area contributed by atoms with E-state index in [2.05, 4.69) is 64.1 Å². The molecule has 0 heterocycles. The number of hydrogen-bond donors (Lipinski definition) is 1. The summed E-state index contributed by atoms with van der Waals surface area (Å²) in [5, 5.41) is 10.7. The Hall–Kier alpha value is -1.60. The van der Waals surface area contributed by atoms with Gasteiger partial charge in [-0.05, 0) is 29.0 Å². The molecule has 0 aliphatic heterocycles. The zero-order chi connectivity index (χ0) is 15.5. The zero-order valence-electron chi connectivity index (χ0n) is 13.5. The third-order valence-electron chi connectivity index (χ3n) is 4.43. The third kappa shape index (κ3) is 3.74. The minimum absolute atomic E-state index is 0.252. The maximum absolute atomic E-state index is 10.7. The summed E-state index contributed by atoms with van der Waals surface area (Å²) in [4.78, 5) is 0. The average molecular weight is 282 g/mol. The molecule has 0 spiro atoms. The van der Waals surface area contributed by atoms with Gasteiger partial charge in [-0.1, -0.05) is 82.3 Å². The molecule has 21 heavy (non-hydrogen) atoms. The molecule has 1 atom stereocenters. The maximum atomic E-state index is 10.7. The molecule has 1 heteroatoms. The Morgan fingerprint density at radius 3 is 2.00 bits per heavy atom. The molecule has 0 aromatic heterocycles. The molecule has 2 rings (SSSR count). The smallest absolute Gasteiger partial charge is 0.0671 e. The topological polar surface area (TPSA) is 20.2 Å². The predicted molar refractivity (Wildman–Crippen MR) is 89.7 cm³/mol. The summed E-state index contributed by atoms with van der Waals surface area (Å²) in [6.07, 6.45) is 0.282. The summed E-state index contributed by atoms with van der Waals surface area (Å²) in [6.45, 7) is 8.61. The van der Waals surface area contributed by atoms with Crippen LogP contribution in [0.15, 0.2) is 54.6 Å². The quantitative estimate of drug-likeness (QED) is 0.843. The van der Waals surface area contributed by atoms with Crippen LogP contribution in [0.5, 0.6) is 0 Å². The first kappa shape index (κ1) is 15.8. The second-order valence-corrected chi connectivity index (χ2v) is 6.70. The van der Waals surface area contributed by atoms with Crippen molar-refractivity contribution in [3.63, 3.8) is 0 Å². The molecule has 0 amide bonds. The molecule has 0 saturated carbocycles. The van der Waals surface area contributed by atoms with Crippen LogP contribution in [0.25, 0.3) is 0 Å². The van der Waals surface area contributed by atoms with Gasteiger partial charge in [-0.25, -0.2) is 0 Å². The highest BCUT2D eigenvalue weighted by Crippen LogP contribution is 2.29. The van der Waals surface area contributed by atoms with Gasteiger partial charge in [-0.2, -0.15) is 0 Å². The first-order valence-electron chi connectivity index (χ1n) is 7.73. The summed E-state index contributed by atoms with van der Waals surface area (Å²) in [5.41, 5.74) is 3.46. The predicted octanol–water partition coefficient (Wildman–Crippen LogP) is 4.69. The van der Waals surface area contributed by atoms with Crippen molar-refractivity contribution in [3.8, 4) is 0 Å². The van der Waals surface area contributed by atoms with Crippen LogP contribution >= 0.6 is 0 Å². The van der Waals surface area contributed by atoms with E-state index in [1.165, 1.54) is 16.7 Å². The van der Waals surface area contributed by atoms with Crippen molar-refractivity contribution < 1.29 is 5.11 Å². The van der Waals surface area contributed by atoms with Crippen LogP contribution in [0.4, 0.5) is 0 Å². The number of aliphatic hydroxyl groups excluding tert-OH is 1. The van der Waals surface area contributed by atoms with E-state index in [0.717, 1.165) is 0 Å². The molecule has 2 aromatic carbocycles. The van der Waals surface area contributed by atoms with Crippen LogP contribution < -0.4 is 0 Å². The van der Waals surface area contributed by atoms with Crippen molar-refractivity contribution in [1.82, 2.24) is 0 Å². The SMILES string of the molecule is CC(C)c1ccc(CC(O)C(C)(C)c2ccccc2)cc1.